The van der Waals surface area contributed by atoms with Crippen LogP contribution < -0.4 is 10.6 Å². The van der Waals surface area contributed by atoms with E-state index in [1.807, 2.05) is 0 Å². The summed E-state index contributed by atoms with van der Waals surface area (Å²) in [5, 5.41) is 14.8. The number of nitriles is 1. The maximum absolute atomic E-state index is 13.8. The Kier molecular flexibility index (Phi) is 4.53. The van der Waals surface area contributed by atoms with Crippen molar-refractivity contribution < 1.29 is 8.78 Å². The van der Waals surface area contributed by atoms with Gasteiger partial charge in [0.25, 0.3) is 0 Å². The van der Waals surface area contributed by atoms with E-state index in [2.05, 4.69) is 26.7 Å². The lowest BCUT2D eigenvalue weighted by Crippen LogP contribution is -2.03. The van der Waals surface area contributed by atoms with Gasteiger partial charge in [-0.2, -0.15) is 10.2 Å². The monoisotopic (exact) mass is 337 g/mol. The molecule has 3 rings (SSSR count). The second-order valence-electron chi connectivity index (χ2n) is 5.28. The molecule has 2 N–H and O–H groups in total. The van der Waals surface area contributed by atoms with Gasteiger partial charge in [-0.25, -0.2) is 13.8 Å². The van der Waals surface area contributed by atoms with Gasteiger partial charge < -0.3 is 10.6 Å². The van der Waals surface area contributed by atoms with E-state index >= 15 is 0 Å². The van der Waals surface area contributed by atoms with E-state index in [0.29, 0.717) is 28.7 Å². The van der Waals surface area contributed by atoms with Crippen molar-refractivity contribution in [2.45, 2.75) is 6.92 Å². The number of benzene rings is 2. The molecule has 0 saturated heterocycles. The third kappa shape index (κ3) is 4.06. The Bertz CT molecular complexity index is 966. The van der Waals surface area contributed by atoms with Gasteiger partial charge in [0.15, 0.2) is 0 Å². The number of hydrogen-bond donors (Lipinski definition) is 2. The normalized spacial score (nSPS) is 10.2. The zero-order valence-electron chi connectivity index (χ0n) is 13.2. The average molecular weight is 337 g/mol. The van der Waals surface area contributed by atoms with Crippen LogP contribution in [0.15, 0.2) is 48.5 Å². The van der Waals surface area contributed by atoms with Gasteiger partial charge in [0.05, 0.1) is 17.3 Å². The Labute approximate surface area is 143 Å². The van der Waals surface area contributed by atoms with E-state index in [1.165, 1.54) is 6.07 Å². The summed E-state index contributed by atoms with van der Waals surface area (Å²) in [6.07, 6.45) is 0. The fourth-order valence-corrected chi connectivity index (χ4v) is 2.21. The lowest BCUT2D eigenvalue weighted by molar-refractivity contribution is 0.586. The maximum atomic E-state index is 13.8. The zero-order chi connectivity index (χ0) is 17.8. The fraction of sp³-hybridized carbons (Fsp3) is 0.0556. The molecule has 5 nitrogen and oxygen atoms in total. The Hall–Kier alpha value is -3.53. The summed E-state index contributed by atoms with van der Waals surface area (Å²) >= 11 is 0. The van der Waals surface area contributed by atoms with Crippen LogP contribution in [0.3, 0.4) is 0 Å². The zero-order valence-corrected chi connectivity index (χ0v) is 13.2. The third-order valence-electron chi connectivity index (χ3n) is 3.30. The molecular formula is C18H13F2N5. The molecular weight excluding hydrogens is 324 g/mol. The number of nitrogens with one attached hydrogen (secondary N) is 2. The largest absolute Gasteiger partial charge is 0.338 e. The van der Waals surface area contributed by atoms with Gasteiger partial charge in [-0.05, 0) is 37.3 Å². The molecule has 1 heterocycles. The molecule has 0 aliphatic rings. The van der Waals surface area contributed by atoms with E-state index < -0.39 is 11.6 Å². The van der Waals surface area contributed by atoms with E-state index in [9.17, 15) is 8.78 Å². The average Bonchev–Trinajstić information content (AvgIpc) is 2.57. The molecule has 1 aromatic heterocycles. The minimum Gasteiger partial charge on any atom is -0.338 e. The molecule has 0 aliphatic heterocycles. The fourth-order valence-electron chi connectivity index (χ4n) is 2.21. The van der Waals surface area contributed by atoms with Crippen LogP contribution in [-0.4, -0.2) is 9.97 Å². The number of halogens is 2. The topological polar surface area (TPSA) is 73.6 Å². The van der Waals surface area contributed by atoms with Crippen LogP contribution in [0.25, 0.3) is 0 Å². The maximum Gasteiger partial charge on any atom is 0.229 e. The van der Waals surface area contributed by atoms with Crippen molar-refractivity contribution in [3.8, 4) is 6.07 Å². The SMILES string of the molecule is Cc1cc(Nc2ccc(F)cc2F)nc(Nc2cccc(C#N)c2)n1. The van der Waals surface area contributed by atoms with Gasteiger partial charge >= 0.3 is 0 Å². The van der Waals surface area contributed by atoms with Crippen molar-refractivity contribution in [1.29, 1.82) is 5.26 Å². The van der Waals surface area contributed by atoms with Crippen molar-refractivity contribution in [2.75, 3.05) is 10.6 Å². The van der Waals surface area contributed by atoms with E-state index in [4.69, 9.17) is 5.26 Å². The van der Waals surface area contributed by atoms with Gasteiger partial charge in [0.2, 0.25) is 5.95 Å². The molecule has 0 aliphatic carbocycles. The summed E-state index contributed by atoms with van der Waals surface area (Å²) in [6.45, 7) is 1.77. The van der Waals surface area contributed by atoms with Crippen LogP contribution in [0.1, 0.15) is 11.3 Å². The summed E-state index contributed by atoms with van der Waals surface area (Å²) in [5.74, 6) is -0.716. The second kappa shape index (κ2) is 6.93. The first-order valence-electron chi connectivity index (χ1n) is 7.38. The lowest BCUT2D eigenvalue weighted by Gasteiger charge is -2.11. The van der Waals surface area contributed by atoms with Crippen molar-refractivity contribution in [3.63, 3.8) is 0 Å². The van der Waals surface area contributed by atoms with Crippen LogP contribution in [0.4, 0.5) is 31.9 Å². The minimum atomic E-state index is -0.715. The molecule has 0 atom stereocenters. The number of anilines is 4. The summed E-state index contributed by atoms with van der Waals surface area (Å²) < 4.78 is 26.8. The Balaban J connectivity index is 1.86. The van der Waals surface area contributed by atoms with E-state index in [0.717, 1.165) is 12.1 Å². The highest BCUT2D eigenvalue weighted by Crippen LogP contribution is 2.22. The van der Waals surface area contributed by atoms with Crippen molar-refractivity contribution in [3.05, 3.63) is 71.4 Å². The molecule has 0 bridgehead atoms. The van der Waals surface area contributed by atoms with E-state index in [1.54, 1.807) is 37.3 Å². The first-order valence-corrected chi connectivity index (χ1v) is 7.38. The Morgan fingerprint density at radius 2 is 1.84 bits per heavy atom. The highest BCUT2D eigenvalue weighted by Gasteiger charge is 2.08. The number of hydrogen-bond acceptors (Lipinski definition) is 5. The Morgan fingerprint density at radius 1 is 1.00 bits per heavy atom. The Morgan fingerprint density at radius 3 is 2.60 bits per heavy atom. The van der Waals surface area contributed by atoms with Gasteiger partial charge in [0.1, 0.15) is 17.5 Å². The number of aryl methyl sites for hydroxylation is 1. The second-order valence-corrected chi connectivity index (χ2v) is 5.28. The van der Waals surface area contributed by atoms with Gasteiger partial charge in [-0.1, -0.05) is 6.07 Å². The van der Waals surface area contributed by atoms with Crippen LogP contribution in [0.5, 0.6) is 0 Å². The summed E-state index contributed by atoms with van der Waals surface area (Å²) in [4.78, 5) is 8.53. The molecule has 0 saturated carbocycles. The molecule has 0 amide bonds. The molecule has 124 valence electrons. The molecule has 0 unspecified atom stereocenters. The van der Waals surface area contributed by atoms with Crippen LogP contribution in [0, 0.1) is 29.9 Å². The summed E-state index contributed by atoms with van der Waals surface area (Å²) in [5.41, 5.74) is 1.92. The molecule has 0 radical (unpaired) electrons. The van der Waals surface area contributed by atoms with Crippen molar-refractivity contribution in [2.24, 2.45) is 0 Å². The molecule has 0 spiro atoms. The number of aromatic nitrogens is 2. The molecule has 25 heavy (non-hydrogen) atoms. The molecule has 3 aromatic rings. The summed E-state index contributed by atoms with van der Waals surface area (Å²) in [7, 11) is 0. The number of nitrogens with zero attached hydrogens (tertiary/aromatic N) is 3. The van der Waals surface area contributed by atoms with E-state index in [-0.39, 0.29) is 5.69 Å². The predicted molar refractivity (Wildman–Crippen MR) is 90.8 cm³/mol. The van der Waals surface area contributed by atoms with Crippen LogP contribution >= 0.6 is 0 Å². The minimum absolute atomic E-state index is 0.108. The van der Waals surface area contributed by atoms with Gasteiger partial charge in [-0.15, -0.1) is 0 Å². The van der Waals surface area contributed by atoms with Gasteiger partial charge in [0, 0.05) is 23.5 Å². The van der Waals surface area contributed by atoms with Crippen LogP contribution in [0.2, 0.25) is 0 Å². The highest BCUT2D eigenvalue weighted by atomic mass is 19.1. The lowest BCUT2D eigenvalue weighted by atomic mass is 10.2. The van der Waals surface area contributed by atoms with Crippen molar-refractivity contribution in [1.82, 2.24) is 9.97 Å². The predicted octanol–water partition coefficient (Wildman–Crippen LogP) is 4.42. The first-order chi connectivity index (χ1) is 12.0. The molecule has 2 aromatic carbocycles. The highest BCUT2D eigenvalue weighted by molar-refractivity contribution is 5.61. The third-order valence-corrected chi connectivity index (χ3v) is 3.30. The standard InChI is InChI=1S/C18H13F2N5/c1-11-7-17(24-16-6-5-13(19)9-15(16)20)25-18(22-11)23-14-4-2-3-12(8-14)10-21/h2-9H,1H3,(H2,22,23,24,25). The molecule has 0 fully saturated rings. The first kappa shape index (κ1) is 16.3. The smallest absolute Gasteiger partial charge is 0.229 e. The molecule has 7 heteroatoms. The number of rotatable bonds is 4. The quantitative estimate of drug-likeness (QED) is 0.737. The summed E-state index contributed by atoms with van der Waals surface area (Å²) in [6, 6.07) is 13.8. The van der Waals surface area contributed by atoms with Gasteiger partial charge in [-0.3, -0.25) is 0 Å². The van der Waals surface area contributed by atoms with Crippen molar-refractivity contribution >= 4 is 23.1 Å². The van der Waals surface area contributed by atoms with Crippen LogP contribution in [-0.2, 0) is 0 Å².